The fraction of sp³-hybridized carbons (Fsp3) is 0.533. The maximum Gasteiger partial charge on any atom is 0.255 e. The number of benzene rings is 2. The van der Waals surface area contributed by atoms with Gasteiger partial charge in [-0.2, -0.15) is 0 Å². The lowest BCUT2D eigenvalue weighted by Crippen LogP contribution is -2.40. The Kier molecular flexibility index (Phi) is 11.4. The maximum absolute atomic E-state index is 13.4. The van der Waals surface area contributed by atoms with Crippen molar-refractivity contribution in [2.75, 3.05) is 58.1 Å². The van der Waals surface area contributed by atoms with E-state index in [4.69, 9.17) is 10.2 Å². The molecule has 0 saturated carbocycles. The molecule has 230 valence electrons. The summed E-state index contributed by atoms with van der Waals surface area (Å²) in [7, 11) is 0. The van der Waals surface area contributed by atoms with Gasteiger partial charge < -0.3 is 40.8 Å². The Morgan fingerprint density at radius 2 is 1.45 bits per heavy atom. The van der Waals surface area contributed by atoms with Crippen molar-refractivity contribution in [3.63, 3.8) is 0 Å². The van der Waals surface area contributed by atoms with Gasteiger partial charge in [-0.05, 0) is 51.7 Å². The van der Waals surface area contributed by atoms with E-state index in [0.29, 0.717) is 18.7 Å². The van der Waals surface area contributed by atoms with Crippen LogP contribution in [0, 0.1) is 13.8 Å². The zero-order chi connectivity index (χ0) is 31.1. The second-order valence-electron chi connectivity index (χ2n) is 10.4. The van der Waals surface area contributed by atoms with Crippen LogP contribution in [0.25, 0.3) is 22.6 Å². The van der Waals surface area contributed by atoms with E-state index in [9.17, 15) is 24.6 Å². The average Bonchev–Trinajstić information content (AvgIpc) is 2.98. The first-order valence-corrected chi connectivity index (χ1v) is 14.5. The monoisotopic (exact) mass is 584 g/mol. The highest BCUT2D eigenvalue weighted by molar-refractivity contribution is 6.08. The van der Waals surface area contributed by atoms with Crippen LogP contribution in [-0.4, -0.2) is 101 Å². The molecule has 2 amide bonds. The number of anilines is 1. The molecule has 0 fully saturated rings. The molecule has 1 aliphatic carbocycles. The second-order valence-corrected chi connectivity index (χ2v) is 10.4. The van der Waals surface area contributed by atoms with E-state index < -0.39 is 29.5 Å². The third kappa shape index (κ3) is 7.24. The summed E-state index contributed by atoms with van der Waals surface area (Å²) in [5.74, 6) is -1.07. The van der Waals surface area contributed by atoms with E-state index in [0.717, 1.165) is 26.2 Å². The van der Waals surface area contributed by atoms with E-state index in [2.05, 4.69) is 20.5 Å². The molecule has 2 atom stereocenters. The minimum absolute atomic E-state index is 0.0322. The van der Waals surface area contributed by atoms with Crippen LogP contribution >= 0.6 is 0 Å². The van der Waals surface area contributed by atoms with Crippen molar-refractivity contribution in [1.82, 2.24) is 25.4 Å². The summed E-state index contributed by atoms with van der Waals surface area (Å²) in [4.78, 5) is 48.4. The van der Waals surface area contributed by atoms with Crippen LogP contribution in [0.3, 0.4) is 0 Å². The van der Waals surface area contributed by atoms with Gasteiger partial charge in [0.15, 0.2) is 11.3 Å². The summed E-state index contributed by atoms with van der Waals surface area (Å²) in [6, 6.07) is 3.30. The largest absolute Gasteiger partial charge is 0.452 e. The third-order valence-corrected chi connectivity index (χ3v) is 7.60. The van der Waals surface area contributed by atoms with E-state index in [1.54, 1.807) is 19.1 Å². The highest BCUT2D eigenvalue weighted by Gasteiger charge is 2.29. The first-order chi connectivity index (χ1) is 20.0. The predicted octanol–water partition coefficient (Wildman–Crippen LogP) is 1.36. The lowest BCUT2D eigenvalue weighted by Gasteiger charge is -2.22. The minimum atomic E-state index is -0.841. The Balaban J connectivity index is 2.01. The predicted molar refractivity (Wildman–Crippen MR) is 163 cm³/mol. The van der Waals surface area contributed by atoms with Crippen molar-refractivity contribution in [3.05, 3.63) is 44.6 Å². The number of aliphatic hydroxyl groups excluding tert-OH is 2. The SMILES string of the molecule is CCN(CC)CC(O)CNC(=O)c1c2nc3c(C(=O)NCC(O)CN(CC)CC)ccc(C)c3oc-2c(C)c(=O)c1N. The quantitative estimate of drug-likeness (QED) is 0.137. The number of carbonyl (C=O) groups is 2. The number of likely N-dealkylation sites (N-methyl/N-ethyl adjacent to an activating group) is 2. The van der Waals surface area contributed by atoms with Gasteiger partial charge >= 0.3 is 0 Å². The number of aromatic nitrogens is 1. The number of aliphatic hydroxyl groups is 2. The van der Waals surface area contributed by atoms with Crippen LogP contribution in [0.15, 0.2) is 21.3 Å². The molecule has 0 saturated heterocycles. The van der Waals surface area contributed by atoms with Gasteiger partial charge in [-0.15, -0.1) is 0 Å². The lowest BCUT2D eigenvalue weighted by molar-refractivity contribution is 0.0867. The number of aryl methyl sites for hydroxylation is 1. The smallest absolute Gasteiger partial charge is 0.255 e. The molecule has 0 spiro atoms. The topological polar surface area (TPSA) is 174 Å². The highest BCUT2D eigenvalue weighted by Crippen LogP contribution is 2.34. The van der Waals surface area contributed by atoms with Crippen molar-refractivity contribution in [2.45, 2.75) is 53.8 Å². The molecular weight excluding hydrogens is 540 g/mol. The molecule has 12 nitrogen and oxygen atoms in total. The van der Waals surface area contributed by atoms with Crippen LogP contribution in [0.2, 0.25) is 0 Å². The zero-order valence-electron chi connectivity index (χ0n) is 25.4. The number of nitrogen functional groups attached to an aromatic ring is 1. The van der Waals surface area contributed by atoms with Gasteiger partial charge in [-0.25, -0.2) is 4.98 Å². The summed E-state index contributed by atoms with van der Waals surface area (Å²) in [6.07, 6.45) is -1.61. The van der Waals surface area contributed by atoms with Crippen LogP contribution in [-0.2, 0) is 0 Å². The Morgan fingerprint density at radius 1 is 0.929 bits per heavy atom. The molecule has 0 radical (unpaired) electrons. The van der Waals surface area contributed by atoms with Crippen LogP contribution in [0.1, 0.15) is 59.5 Å². The van der Waals surface area contributed by atoms with Gasteiger partial charge in [-0.1, -0.05) is 33.8 Å². The van der Waals surface area contributed by atoms with Crippen molar-refractivity contribution in [1.29, 1.82) is 0 Å². The van der Waals surface area contributed by atoms with Gasteiger partial charge in [0.2, 0.25) is 5.43 Å². The Hall–Kier alpha value is -3.58. The van der Waals surface area contributed by atoms with Crippen LogP contribution in [0.4, 0.5) is 5.69 Å². The highest BCUT2D eigenvalue weighted by atomic mass is 16.3. The summed E-state index contributed by atoms with van der Waals surface area (Å²) in [6.45, 7) is 15.1. The number of nitrogens with zero attached hydrogens (tertiary/aromatic N) is 3. The fourth-order valence-corrected chi connectivity index (χ4v) is 4.90. The van der Waals surface area contributed by atoms with Gasteiger partial charge in [0.05, 0.1) is 29.0 Å². The van der Waals surface area contributed by atoms with Crippen molar-refractivity contribution in [3.8, 4) is 11.5 Å². The van der Waals surface area contributed by atoms with Crippen molar-refractivity contribution in [2.24, 2.45) is 0 Å². The Labute approximate surface area is 246 Å². The normalized spacial score (nSPS) is 13.2. The first kappa shape index (κ1) is 32.9. The molecule has 1 aliphatic heterocycles. The number of amides is 2. The standard InChI is InChI=1S/C30H44N6O6/c1-7-35(8-2)15-19(37)13-32-29(40)21-12-11-17(5)27-24(21)34-25-22(23(31)26(39)18(6)28(25)42-27)30(41)33-14-20(38)16-36(9-3)10-4/h11-12,19-20,37-38H,7-10,13-16,31H2,1-6H3,(H,32,40)(H,33,41). The number of hydrogen-bond acceptors (Lipinski definition) is 10. The summed E-state index contributed by atoms with van der Waals surface area (Å²) in [5, 5.41) is 26.3. The molecule has 0 bridgehead atoms. The number of fused-ring (bicyclic) bond motifs is 2. The van der Waals surface area contributed by atoms with Crippen LogP contribution < -0.4 is 21.8 Å². The van der Waals surface area contributed by atoms with Gasteiger partial charge in [0.25, 0.3) is 11.8 Å². The molecule has 2 aliphatic rings. The first-order valence-electron chi connectivity index (χ1n) is 14.5. The summed E-state index contributed by atoms with van der Waals surface area (Å²) < 4.78 is 6.15. The van der Waals surface area contributed by atoms with Gasteiger partial charge in [0.1, 0.15) is 11.2 Å². The summed E-state index contributed by atoms with van der Waals surface area (Å²) >= 11 is 0. The van der Waals surface area contributed by atoms with Gasteiger partial charge in [0, 0.05) is 31.7 Å². The number of hydrogen-bond donors (Lipinski definition) is 5. The maximum atomic E-state index is 13.4. The van der Waals surface area contributed by atoms with Crippen LogP contribution in [0.5, 0.6) is 0 Å². The Bertz CT molecular complexity index is 1430. The molecule has 0 aromatic heterocycles. The Morgan fingerprint density at radius 3 is 1.98 bits per heavy atom. The molecule has 3 rings (SSSR count). The van der Waals surface area contributed by atoms with Gasteiger partial charge in [-0.3, -0.25) is 14.4 Å². The molecule has 1 aromatic rings. The minimum Gasteiger partial charge on any atom is -0.452 e. The molecule has 1 heterocycles. The van der Waals surface area contributed by atoms with E-state index in [1.165, 1.54) is 6.92 Å². The van der Waals surface area contributed by atoms with E-state index in [-0.39, 0.29) is 58.0 Å². The molecule has 12 heteroatoms. The molecular formula is C30H44N6O6. The number of nitrogens with one attached hydrogen (secondary N) is 2. The lowest BCUT2D eigenvalue weighted by atomic mass is 9.99. The molecule has 6 N–H and O–H groups in total. The fourth-order valence-electron chi connectivity index (χ4n) is 4.90. The molecule has 42 heavy (non-hydrogen) atoms. The number of carbonyl (C=O) groups excluding carboxylic acids is 2. The molecule has 1 aromatic carbocycles. The number of rotatable bonds is 14. The third-order valence-electron chi connectivity index (χ3n) is 7.60. The number of nitrogens with two attached hydrogens (primary N) is 1. The average molecular weight is 585 g/mol. The van der Waals surface area contributed by atoms with E-state index in [1.807, 2.05) is 32.6 Å². The molecule has 2 unspecified atom stereocenters. The zero-order valence-corrected chi connectivity index (χ0v) is 25.4. The van der Waals surface area contributed by atoms with E-state index >= 15 is 0 Å². The summed E-state index contributed by atoms with van der Waals surface area (Å²) in [5.41, 5.74) is 6.67. The second kappa shape index (κ2) is 14.5. The van der Waals surface area contributed by atoms with Crippen molar-refractivity contribution < 1.29 is 24.2 Å². The van der Waals surface area contributed by atoms with Crippen molar-refractivity contribution >= 4 is 28.6 Å².